The van der Waals surface area contributed by atoms with Gasteiger partial charge in [0, 0.05) is 12.1 Å². The van der Waals surface area contributed by atoms with Crippen LogP contribution in [0.4, 0.5) is 5.69 Å². The van der Waals surface area contributed by atoms with E-state index in [-0.39, 0.29) is 17.3 Å². The quantitative estimate of drug-likeness (QED) is 0.358. The molecule has 23 heavy (non-hydrogen) atoms. The van der Waals surface area contributed by atoms with Gasteiger partial charge in [0.2, 0.25) is 0 Å². The van der Waals surface area contributed by atoms with Crippen LogP contribution in [0.1, 0.15) is 22.6 Å². The minimum Gasteiger partial charge on any atom is -0.457 e. The predicted molar refractivity (Wildman–Crippen MR) is 82.9 cm³/mol. The summed E-state index contributed by atoms with van der Waals surface area (Å²) in [5.41, 5.74) is 1.62. The van der Waals surface area contributed by atoms with Crippen LogP contribution in [0, 0.1) is 24.0 Å². The summed E-state index contributed by atoms with van der Waals surface area (Å²) in [6.45, 7) is 3.53. The fourth-order valence-electron chi connectivity index (χ4n) is 1.84. The molecule has 7 nitrogen and oxygen atoms in total. The van der Waals surface area contributed by atoms with Crippen molar-refractivity contribution < 1.29 is 19.0 Å². The Bertz CT molecular complexity index is 763. The van der Waals surface area contributed by atoms with E-state index < -0.39 is 10.9 Å². The third-order valence-electron chi connectivity index (χ3n) is 3.12. The van der Waals surface area contributed by atoms with E-state index in [4.69, 9.17) is 20.9 Å². The molecule has 0 aliphatic heterocycles. The second-order valence-electron chi connectivity index (χ2n) is 4.71. The molecule has 2 rings (SSSR count). The van der Waals surface area contributed by atoms with E-state index in [1.807, 2.05) is 0 Å². The van der Waals surface area contributed by atoms with E-state index in [2.05, 4.69) is 5.16 Å². The van der Waals surface area contributed by atoms with Crippen LogP contribution >= 0.6 is 11.6 Å². The number of nitro groups is 1. The summed E-state index contributed by atoms with van der Waals surface area (Å²) in [6, 6.07) is 4.24. The molecule has 0 spiro atoms. The van der Waals surface area contributed by atoms with Crippen molar-refractivity contribution in [2.75, 3.05) is 0 Å². The van der Waals surface area contributed by atoms with Gasteiger partial charge in [-0.05, 0) is 31.6 Å². The van der Waals surface area contributed by atoms with Crippen molar-refractivity contribution in [1.29, 1.82) is 0 Å². The number of rotatable bonds is 5. The number of benzene rings is 1. The molecule has 0 radical (unpaired) electrons. The maximum absolute atomic E-state index is 11.7. The standard InChI is InChI=1S/C15H13ClN2O5/c1-9-12(10(2)23-17-9)8-22-15(19)6-4-11-3-5-13(16)14(7-11)18(20)21/h3-7H,8H2,1-2H3/b6-4+. The van der Waals surface area contributed by atoms with Crippen molar-refractivity contribution in [1.82, 2.24) is 5.16 Å². The molecule has 8 heteroatoms. The van der Waals surface area contributed by atoms with Crippen molar-refractivity contribution in [2.24, 2.45) is 0 Å². The molecule has 0 saturated carbocycles. The molecule has 0 saturated heterocycles. The van der Waals surface area contributed by atoms with Gasteiger partial charge < -0.3 is 9.26 Å². The zero-order chi connectivity index (χ0) is 17.0. The Morgan fingerprint density at radius 3 is 2.83 bits per heavy atom. The Labute approximate surface area is 136 Å². The summed E-state index contributed by atoms with van der Waals surface area (Å²) in [7, 11) is 0. The van der Waals surface area contributed by atoms with Crippen molar-refractivity contribution in [3.8, 4) is 0 Å². The molecular formula is C15H13ClN2O5. The maximum atomic E-state index is 11.7. The van der Waals surface area contributed by atoms with Crippen LogP contribution in [0.25, 0.3) is 6.08 Å². The number of aryl methyl sites for hydroxylation is 2. The minimum absolute atomic E-state index is 0.0353. The van der Waals surface area contributed by atoms with Gasteiger partial charge in [0.05, 0.1) is 16.2 Å². The molecule has 0 aliphatic carbocycles. The summed E-state index contributed by atoms with van der Waals surface area (Å²) in [4.78, 5) is 21.9. The SMILES string of the molecule is Cc1noc(C)c1COC(=O)/C=C/c1ccc(Cl)c([N+](=O)[O-])c1. The van der Waals surface area contributed by atoms with Crippen LogP contribution in [0.2, 0.25) is 5.02 Å². The summed E-state index contributed by atoms with van der Waals surface area (Å²) in [5, 5.41) is 14.6. The first-order valence-electron chi connectivity index (χ1n) is 6.59. The van der Waals surface area contributed by atoms with Crippen LogP contribution in [0.15, 0.2) is 28.8 Å². The number of ether oxygens (including phenoxy) is 1. The van der Waals surface area contributed by atoms with Gasteiger partial charge >= 0.3 is 5.97 Å². The molecule has 1 aromatic heterocycles. The van der Waals surface area contributed by atoms with Crippen LogP contribution in [0.3, 0.4) is 0 Å². The lowest BCUT2D eigenvalue weighted by Gasteiger charge is -2.01. The number of hydrogen-bond acceptors (Lipinski definition) is 6. The summed E-state index contributed by atoms with van der Waals surface area (Å²) in [6.07, 6.45) is 2.60. The molecule has 0 amide bonds. The van der Waals surface area contributed by atoms with Crippen molar-refractivity contribution in [3.05, 3.63) is 62.0 Å². The average Bonchev–Trinajstić information content (AvgIpc) is 2.82. The highest BCUT2D eigenvalue weighted by molar-refractivity contribution is 6.32. The lowest BCUT2D eigenvalue weighted by molar-refractivity contribution is -0.384. The number of esters is 1. The molecule has 0 bridgehead atoms. The zero-order valence-electron chi connectivity index (χ0n) is 12.4. The van der Waals surface area contributed by atoms with Gasteiger partial charge in [-0.3, -0.25) is 10.1 Å². The topological polar surface area (TPSA) is 95.5 Å². The first-order chi connectivity index (χ1) is 10.9. The predicted octanol–water partition coefficient (Wildman–Crippen LogP) is 3.61. The Kier molecular flexibility index (Phi) is 5.13. The normalized spacial score (nSPS) is 10.9. The highest BCUT2D eigenvalue weighted by Gasteiger charge is 2.12. The minimum atomic E-state index is -0.588. The largest absolute Gasteiger partial charge is 0.457 e. The number of carbonyl (C=O) groups is 1. The smallest absolute Gasteiger partial charge is 0.331 e. The number of halogens is 1. The Balaban J connectivity index is 2.01. The molecule has 0 atom stereocenters. The molecule has 120 valence electrons. The Morgan fingerprint density at radius 2 is 2.22 bits per heavy atom. The first kappa shape index (κ1) is 16.7. The lowest BCUT2D eigenvalue weighted by atomic mass is 10.2. The molecule has 0 fully saturated rings. The van der Waals surface area contributed by atoms with Crippen LogP contribution in [-0.4, -0.2) is 16.0 Å². The van der Waals surface area contributed by atoms with Gasteiger partial charge in [0.15, 0.2) is 0 Å². The summed E-state index contributed by atoms with van der Waals surface area (Å²) < 4.78 is 10.1. The van der Waals surface area contributed by atoms with Gasteiger partial charge in [0.25, 0.3) is 5.69 Å². The fourth-order valence-corrected chi connectivity index (χ4v) is 2.02. The third kappa shape index (κ3) is 4.17. The van der Waals surface area contributed by atoms with E-state index in [9.17, 15) is 14.9 Å². The highest BCUT2D eigenvalue weighted by atomic mass is 35.5. The third-order valence-corrected chi connectivity index (χ3v) is 3.44. The van der Waals surface area contributed by atoms with Gasteiger partial charge in [-0.15, -0.1) is 0 Å². The maximum Gasteiger partial charge on any atom is 0.331 e. The first-order valence-corrected chi connectivity index (χ1v) is 6.97. The van der Waals surface area contributed by atoms with Gasteiger partial charge in [-0.2, -0.15) is 0 Å². The van der Waals surface area contributed by atoms with E-state index in [0.29, 0.717) is 22.6 Å². The van der Waals surface area contributed by atoms with Crippen LogP contribution < -0.4 is 0 Å². The van der Waals surface area contributed by atoms with Crippen molar-refractivity contribution in [2.45, 2.75) is 20.5 Å². The molecule has 0 aliphatic rings. The lowest BCUT2D eigenvalue weighted by Crippen LogP contribution is -2.02. The molecule has 2 aromatic rings. The van der Waals surface area contributed by atoms with E-state index in [0.717, 1.165) is 0 Å². The van der Waals surface area contributed by atoms with Gasteiger partial charge in [-0.1, -0.05) is 22.8 Å². The molecule has 1 heterocycles. The summed E-state index contributed by atoms with van der Waals surface area (Å²) >= 11 is 5.72. The highest BCUT2D eigenvalue weighted by Crippen LogP contribution is 2.25. The average molecular weight is 337 g/mol. The number of nitrogens with zero attached hydrogens (tertiary/aromatic N) is 2. The van der Waals surface area contributed by atoms with Gasteiger partial charge in [-0.25, -0.2) is 4.79 Å². The fraction of sp³-hybridized carbons (Fsp3) is 0.200. The van der Waals surface area contributed by atoms with E-state index in [1.165, 1.54) is 24.3 Å². The Hall–Kier alpha value is -2.67. The monoisotopic (exact) mass is 336 g/mol. The number of hydrogen-bond donors (Lipinski definition) is 0. The van der Waals surface area contributed by atoms with Crippen molar-refractivity contribution >= 4 is 29.3 Å². The zero-order valence-corrected chi connectivity index (χ0v) is 13.2. The van der Waals surface area contributed by atoms with Crippen LogP contribution in [-0.2, 0) is 16.1 Å². The van der Waals surface area contributed by atoms with Crippen molar-refractivity contribution in [3.63, 3.8) is 0 Å². The molecular weight excluding hydrogens is 324 g/mol. The number of aromatic nitrogens is 1. The van der Waals surface area contributed by atoms with E-state index >= 15 is 0 Å². The molecule has 0 N–H and O–H groups in total. The molecule has 1 aromatic carbocycles. The van der Waals surface area contributed by atoms with Gasteiger partial charge in [0.1, 0.15) is 17.4 Å². The van der Waals surface area contributed by atoms with Crippen LogP contribution in [0.5, 0.6) is 0 Å². The molecule has 0 unspecified atom stereocenters. The summed E-state index contributed by atoms with van der Waals surface area (Å²) in [5.74, 6) is 0.00945. The second-order valence-corrected chi connectivity index (χ2v) is 5.12. The number of nitro benzene ring substituents is 1. The number of carbonyl (C=O) groups excluding carboxylic acids is 1. The Morgan fingerprint density at radius 1 is 1.48 bits per heavy atom. The second kappa shape index (κ2) is 7.06. The van der Waals surface area contributed by atoms with E-state index in [1.54, 1.807) is 19.9 Å².